The van der Waals surface area contributed by atoms with E-state index in [0.29, 0.717) is 16.6 Å². The van der Waals surface area contributed by atoms with Gasteiger partial charge in [0, 0.05) is 16.6 Å². The van der Waals surface area contributed by atoms with E-state index in [1.807, 2.05) is 0 Å². The summed E-state index contributed by atoms with van der Waals surface area (Å²) in [6.45, 7) is 1.69. The Labute approximate surface area is 139 Å². The van der Waals surface area contributed by atoms with Crippen molar-refractivity contribution in [1.29, 1.82) is 0 Å². The van der Waals surface area contributed by atoms with Gasteiger partial charge in [-0.15, -0.1) is 0 Å². The van der Waals surface area contributed by atoms with Crippen LogP contribution in [0.5, 0.6) is 5.75 Å². The van der Waals surface area contributed by atoms with Gasteiger partial charge in [-0.25, -0.2) is 0 Å². The lowest BCUT2D eigenvalue weighted by molar-refractivity contribution is -0.137. The Morgan fingerprint density at radius 3 is 2.33 bits per heavy atom. The van der Waals surface area contributed by atoms with Crippen LogP contribution in [0.15, 0.2) is 42.5 Å². The van der Waals surface area contributed by atoms with Gasteiger partial charge in [-0.2, -0.15) is 13.2 Å². The average molecular weight is 354 g/mol. The third-order valence-electron chi connectivity index (χ3n) is 3.72. The molecule has 24 heavy (non-hydrogen) atoms. The molecule has 0 saturated carbocycles. The summed E-state index contributed by atoms with van der Waals surface area (Å²) < 4.78 is 39.2. The minimum atomic E-state index is -4.46. The molecule has 0 radical (unpaired) electrons. The summed E-state index contributed by atoms with van der Waals surface area (Å²) in [4.78, 5) is 12.7. The first-order valence-corrected chi connectivity index (χ1v) is 7.29. The van der Waals surface area contributed by atoms with Gasteiger partial charge in [0.25, 0.3) is 5.91 Å². The van der Waals surface area contributed by atoms with Gasteiger partial charge in [-0.3, -0.25) is 9.36 Å². The summed E-state index contributed by atoms with van der Waals surface area (Å²) >= 11 is 5.89. The molecule has 0 amide bonds. The van der Waals surface area contributed by atoms with Gasteiger partial charge in [-0.05, 0) is 49.4 Å². The number of hydrogen-bond donors (Lipinski definition) is 1. The number of nitrogens with zero attached hydrogens (tertiary/aromatic N) is 1. The van der Waals surface area contributed by atoms with E-state index in [1.54, 1.807) is 13.0 Å². The molecule has 1 N–H and O–H groups in total. The minimum Gasteiger partial charge on any atom is -0.506 e. The summed E-state index contributed by atoms with van der Waals surface area (Å²) in [7, 11) is 0. The van der Waals surface area contributed by atoms with Gasteiger partial charge in [0.2, 0.25) is 0 Å². The second-order valence-electron chi connectivity index (χ2n) is 5.36. The molecule has 0 bridgehead atoms. The highest BCUT2D eigenvalue weighted by atomic mass is 35.5. The molecule has 0 aliphatic carbocycles. The highest BCUT2D eigenvalue weighted by Crippen LogP contribution is 2.32. The SMILES string of the molecule is Cc1cc2cc(O)c(Cl)cc2n1C(=O)c1ccc(C(F)(F)F)cc1. The molecule has 0 fully saturated rings. The Hall–Kier alpha value is -2.47. The number of carbonyl (C=O) groups is 1. The number of carbonyl (C=O) groups excluding carboxylic acids is 1. The maximum atomic E-state index is 12.7. The van der Waals surface area contributed by atoms with E-state index in [0.717, 1.165) is 24.3 Å². The Balaban J connectivity index is 2.09. The molecule has 0 spiro atoms. The Morgan fingerprint density at radius 1 is 1.12 bits per heavy atom. The average Bonchev–Trinajstić information content (AvgIpc) is 2.81. The van der Waals surface area contributed by atoms with Crippen LogP contribution in [0, 0.1) is 6.92 Å². The zero-order chi connectivity index (χ0) is 17.6. The highest BCUT2D eigenvalue weighted by Gasteiger charge is 2.30. The van der Waals surface area contributed by atoms with E-state index in [-0.39, 0.29) is 16.3 Å². The number of aromatic nitrogens is 1. The van der Waals surface area contributed by atoms with E-state index in [1.165, 1.54) is 16.7 Å². The molecule has 3 aromatic rings. The second-order valence-corrected chi connectivity index (χ2v) is 5.77. The molecule has 0 unspecified atom stereocenters. The number of halogens is 4. The van der Waals surface area contributed by atoms with E-state index >= 15 is 0 Å². The first-order valence-electron chi connectivity index (χ1n) is 6.91. The van der Waals surface area contributed by atoms with E-state index in [4.69, 9.17) is 11.6 Å². The summed E-state index contributed by atoms with van der Waals surface area (Å²) in [6, 6.07) is 8.58. The molecule has 0 atom stereocenters. The van der Waals surface area contributed by atoms with Gasteiger partial charge in [-0.1, -0.05) is 11.6 Å². The van der Waals surface area contributed by atoms with Crippen LogP contribution in [0.1, 0.15) is 21.6 Å². The Morgan fingerprint density at radius 2 is 1.75 bits per heavy atom. The number of aryl methyl sites for hydroxylation is 1. The van der Waals surface area contributed by atoms with Crippen molar-refractivity contribution < 1.29 is 23.1 Å². The Bertz CT molecular complexity index is 943. The van der Waals surface area contributed by atoms with Crippen molar-refractivity contribution >= 4 is 28.4 Å². The number of aromatic hydroxyl groups is 1. The number of rotatable bonds is 1. The number of phenolic OH excluding ortho intramolecular Hbond substituents is 1. The molecule has 1 aromatic heterocycles. The molecule has 7 heteroatoms. The van der Waals surface area contributed by atoms with Crippen molar-refractivity contribution in [3.8, 4) is 5.75 Å². The van der Waals surface area contributed by atoms with Gasteiger partial charge in [0.05, 0.1) is 16.1 Å². The van der Waals surface area contributed by atoms with Crippen molar-refractivity contribution in [2.75, 3.05) is 0 Å². The fraction of sp³-hybridized carbons (Fsp3) is 0.118. The summed E-state index contributed by atoms with van der Waals surface area (Å²) in [5, 5.41) is 10.3. The fourth-order valence-corrected chi connectivity index (χ4v) is 2.71. The Kier molecular flexibility index (Phi) is 3.80. The van der Waals surface area contributed by atoms with E-state index < -0.39 is 17.6 Å². The van der Waals surface area contributed by atoms with Gasteiger partial charge < -0.3 is 5.11 Å². The molecular formula is C17H11ClF3NO2. The molecule has 2 aromatic carbocycles. The third kappa shape index (κ3) is 2.73. The van der Waals surface area contributed by atoms with Crippen molar-refractivity contribution in [1.82, 2.24) is 4.57 Å². The quantitative estimate of drug-likeness (QED) is 0.667. The second kappa shape index (κ2) is 5.56. The standard InChI is InChI=1S/C17H11ClF3NO2/c1-9-6-11-7-15(23)13(18)8-14(11)22(9)16(24)10-2-4-12(5-3-10)17(19,20)21/h2-8,23H,1H3. The predicted octanol–water partition coefficient (Wildman–Crippen LogP) is 5.02. The summed E-state index contributed by atoms with van der Waals surface area (Å²) in [6.07, 6.45) is -4.46. The first kappa shape index (κ1) is 16.4. The molecule has 3 nitrogen and oxygen atoms in total. The minimum absolute atomic E-state index is 0.0852. The number of phenols is 1. The van der Waals surface area contributed by atoms with Gasteiger partial charge in [0.15, 0.2) is 0 Å². The van der Waals surface area contributed by atoms with Crippen molar-refractivity contribution in [2.45, 2.75) is 13.1 Å². The van der Waals surface area contributed by atoms with Crippen LogP contribution in [-0.4, -0.2) is 15.6 Å². The van der Waals surface area contributed by atoms with Crippen molar-refractivity contribution in [3.05, 3.63) is 64.3 Å². The summed E-state index contributed by atoms with van der Waals surface area (Å²) in [5.41, 5.74) is 0.352. The van der Waals surface area contributed by atoms with E-state index in [9.17, 15) is 23.1 Å². The topological polar surface area (TPSA) is 42.2 Å². The smallest absolute Gasteiger partial charge is 0.416 e. The van der Waals surface area contributed by atoms with Crippen LogP contribution < -0.4 is 0 Å². The van der Waals surface area contributed by atoms with E-state index in [2.05, 4.69) is 0 Å². The molecule has 3 rings (SSSR count). The number of alkyl halides is 3. The monoisotopic (exact) mass is 353 g/mol. The molecule has 0 aliphatic heterocycles. The van der Waals surface area contributed by atoms with Gasteiger partial charge in [0.1, 0.15) is 5.75 Å². The molecule has 1 heterocycles. The third-order valence-corrected chi connectivity index (χ3v) is 4.02. The van der Waals surface area contributed by atoms with Crippen LogP contribution in [-0.2, 0) is 6.18 Å². The number of fused-ring (bicyclic) bond motifs is 1. The maximum absolute atomic E-state index is 12.7. The van der Waals surface area contributed by atoms with Crippen molar-refractivity contribution in [3.63, 3.8) is 0 Å². The summed E-state index contributed by atoms with van der Waals surface area (Å²) in [5.74, 6) is -0.582. The zero-order valence-electron chi connectivity index (χ0n) is 12.4. The maximum Gasteiger partial charge on any atom is 0.416 e. The lowest BCUT2D eigenvalue weighted by Gasteiger charge is -2.10. The van der Waals surface area contributed by atoms with Crippen LogP contribution in [0.25, 0.3) is 10.9 Å². The molecule has 124 valence electrons. The largest absolute Gasteiger partial charge is 0.506 e. The van der Waals surface area contributed by atoms with Crippen LogP contribution in [0.2, 0.25) is 5.02 Å². The molecule has 0 aliphatic rings. The highest BCUT2D eigenvalue weighted by molar-refractivity contribution is 6.32. The molecular weight excluding hydrogens is 343 g/mol. The fourth-order valence-electron chi connectivity index (χ4n) is 2.56. The lowest BCUT2D eigenvalue weighted by Crippen LogP contribution is -2.14. The van der Waals surface area contributed by atoms with Crippen LogP contribution in [0.4, 0.5) is 13.2 Å². The van der Waals surface area contributed by atoms with Crippen LogP contribution in [0.3, 0.4) is 0 Å². The number of benzene rings is 2. The van der Waals surface area contributed by atoms with Crippen molar-refractivity contribution in [2.24, 2.45) is 0 Å². The van der Waals surface area contributed by atoms with Crippen LogP contribution >= 0.6 is 11.6 Å². The predicted molar refractivity (Wildman–Crippen MR) is 84.5 cm³/mol. The van der Waals surface area contributed by atoms with Gasteiger partial charge >= 0.3 is 6.18 Å². The lowest BCUT2D eigenvalue weighted by atomic mass is 10.1. The first-order chi connectivity index (χ1) is 11.2. The molecule has 0 saturated heterocycles. The zero-order valence-corrected chi connectivity index (χ0v) is 13.1. The normalized spacial score (nSPS) is 11.9. The number of hydrogen-bond acceptors (Lipinski definition) is 2.